The Morgan fingerprint density at radius 1 is 0.750 bits per heavy atom. The van der Waals surface area contributed by atoms with Crippen molar-refractivity contribution in [1.82, 2.24) is 0 Å². The summed E-state index contributed by atoms with van der Waals surface area (Å²) in [5, 5.41) is 0. The van der Waals surface area contributed by atoms with Crippen LogP contribution in [0.15, 0.2) is 60.7 Å². The van der Waals surface area contributed by atoms with E-state index in [2.05, 4.69) is 38.1 Å². The van der Waals surface area contributed by atoms with E-state index in [-0.39, 0.29) is 11.1 Å². The Morgan fingerprint density at radius 2 is 1.10 bits per heavy atom. The molecule has 1 nitrogen and oxygen atoms in total. The van der Waals surface area contributed by atoms with Gasteiger partial charge >= 0.3 is 0 Å². The van der Waals surface area contributed by atoms with Gasteiger partial charge in [0.05, 0.1) is 0 Å². The lowest BCUT2D eigenvalue weighted by molar-refractivity contribution is 0.412. The fourth-order valence-corrected chi connectivity index (χ4v) is 5.69. The second-order valence-electron chi connectivity index (χ2n) is 5.32. The third-order valence-electron chi connectivity index (χ3n) is 4.13. The molecule has 0 saturated heterocycles. The molecule has 2 aromatic rings. The van der Waals surface area contributed by atoms with Crippen LogP contribution in [0.2, 0.25) is 0 Å². The molecule has 105 valence electrons. The number of hydrogen-bond acceptors (Lipinski definition) is 0. The Kier molecular flexibility index (Phi) is 5.56. The van der Waals surface area contributed by atoms with Gasteiger partial charge in [0.1, 0.15) is 0 Å². The fraction of sp³-hybridized carbons (Fsp3) is 0.333. The highest BCUT2D eigenvalue weighted by Gasteiger charge is 2.31. The summed E-state index contributed by atoms with van der Waals surface area (Å²) >= 11 is 0. The molecule has 0 amide bonds. The van der Waals surface area contributed by atoms with E-state index >= 15 is 0 Å². The van der Waals surface area contributed by atoms with Crippen LogP contribution >= 0.6 is 0 Å². The average molecular weight is 283 g/mol. The lowest BCUT2D eigenvalue weighted by atomic mass is 10.1. The highest BCUT2D eigenvalue weighted by Crippen LogP contribution is 2.32. The summed E-state index contributed by atoms with van der Waals surface area (Å²) < 4.78 is 0. The molecule has 0 fully saturated rings. The molecule has 0 saturated carbocycles. The molecule has 20 heavy (non-hydrogen) atoms. The predicted molar refractivity (Wildman–Crippen MR) is 86.8 cm³/mol. The molecule has 0 aliphatic rings. The molecule has 0 spiro atoms. The molecule has 2 unspecified atom stereocenters. The van der Waals surface area contributed by atoms with E-state index < -0.39 is 9.04 Å². The molecular weight excluding hydrogens is 260 g/mol. The van der Waals surface area contributed by atoms with Crippen molar-refractivity contribution in [2.45, 2.75) is 37.8 Å². The molecule has 0 aliphatic heterocycles. The molecule has 2 heteroatoms. The van der Waals surface area contributed by atoms with Gasteiger partial charge < -0.3 is 4.80 Å². The van der Waals surface area contributed by atoms with Gasteiger partial charge in [-0.1, -0.05) is 74.5 Å². The quantitative estimate of drug-likeness (QED) is 0.690. The van der Waals surface area contributed by atoms with Gasteiger partial charge in [0.15, 0.2) is 0 Å². The first-order chi connectivity index (χ1) is 9.77. The fourth-order valence-electron chi connectivity index (χ4n) is 3.00. The second kappa shape index (κ2) is 7.41. The molecule has 0 heterocycles. The van der Waals surface area contributed by atoms with E-state index in [0.717, 1.165) is 12.8 Å². The van der Waals surface area contributed by atoms with Gasteiger partial charge in [-0.15, -0.1) is 0 Å². The smallest absolute Gasteiger partial charge is 0.237 e. The Hall–Kier alpha value is -1.38. The molecule has 1 radical (unpaired) electrons. The minimum atomic E-state index is -2.14. The number of hydrogen-bond donors (Lipinski definition) is 0. The third kappa shape index (κ3) is 3.38. The largest absolute Gasteiger partial charge is 0.300 e. The van der Waals surface area contributed by atoms with Crippen LogP contribution in [-0.4, -0.2) is 9.04 Å². The van der Waals surface area contributed by atoms with E-state index in [0.29, 0.717) is 0 Å². The van der Waals surface area contributed by atoms with Crippen LogP contribution < -0.4 is 0 Å². The van der Waals surface area contributed by atoms with Crippen molar-refractivity contribution in [3.8, 4) is 0 Å². The van der Waals surface area contributed by atoms with E-state index in [1.807, 2.05) is 36.4 Å². The molecular formula is C18H23OSi. The number of benzene rings is 2. The molecule has 2 aromatic carbocycles. The molecule has 0 aromatic heterocycles. The zero-order chi connectivity index (χ0) is 14.4. The van der Waals surface area contributed by atoms with E-state index in [4.69, 9.17) is 0 Å². The zero-order valence-corrected chi connectivity index (χ0v) is 13.5. The molecule has 0 aliphatic carbocycles. The van der Waals surface area contributed by atoms with E-state index in [1.54, 1.807) is 0 Å². The number of rotatable bonds is 6. The molecule has 0 bridgehead atoms. The first kappa shape index (κ1) is 15.0. The monoisotopic (exact) mass is 283 g/mol. The minimum absolute atomic E-state index is 0.223. The lowest BCUT2D eigenvalue weighted by Gasteiger charge is -2.26. The first-order valence-electron chi connectivity index (χ1n) is 7.53. The highest BCUT2D eigenvalue weighted by molar-refractivity contribution is 6.53. The van der Waals surface area contributed by atoms with Gasteiger partial charge in [-0.3, -0.25) is 0 Å². The standard InChI is InChI=1S/C18H23OSi/c1-3-17(15-11-7-5-8-12-15)20(19)18(4-2)16-13-9-6-10-14-16/h5-14,17-18,20H,3-4H2,1-2H3. The van der Waals surface area contributed by atoms with E-state index in [9.17, 15) is 4.80 Å². The summed E-state index contributed by atoms with van der Waals surface area (Å²) in [5.74, 6) is 0. The average Bonchev–Trinajstić information content (AvgIpc) is 2.51. The van der Waals surface area contributed by atoms with Crippen LogP contribution in [0.1, 0.15) is 48.9 Å². The zero-order valence-electron chi connectivity index (χ0n) is 12.3. The van der Waals surface area contributed by atoms with Crippen LogP contribution in [0.4, 0.5) is 0 Å². The summed E-state index contributed by atoms with van der Waals surface area (Å²) in [7, 11) is -2.14. The van der Waals surface area contributed by atoms with Gasteiger partial charge in [0, 0.05) is 11.1 Å². The van der Waals surface area contributed by atoms with Gasteiger partial charge in [-0.05, 0) is 24.0 Å². The SMILES string of the molecule is CCC(c1ccccc1)[SiH]([O])C(CC)c1ccccc1. The summed E-state index contributed by atoms with van der Waals surface area (Å²) in [6.45, 7) is 4.29. The second-order valence-corrected chi connectivity index (χ2v) is 7.85. The van der Waals surface area contributed by atoms with Crippen molar-refractivity contribution in [2.24, 2.45) is 0 Å². The Morgan fingerprint density at radius 3 is 1.40 bits per heavy atom. The third-order valence-corrected chi connectivity index (χ3v) is 7.43. The van der Waals surface area contributed by atoms with Crippen molar-refractivity contribution < 1.29 is 4.80 Å². The summed E-state index contributed by atoms with van der Waals surface area (Å²) in [5.41, 5.74) is 2.91. The van der Waals surface area contributed by atoms with Crippen molar-refractivity contribution in [2.75, 3.05) is 0 Å². The van der Waals surface area contributed by atoms with Gasteiger partial charge in [-0.25, -0.2) is 0 Å². The maximum atomic E-state index is 13.1. The lowest BCUT2D eigenvalue weighted by Crippen LogP contribution is -2.30. The molecule has 2 rings (SSSR count). The minimum Gasteiger partial charge on any atom is -0.300 e. The van der Waals surface area contributed by atoms with Crippen molar-refractivity contribution in [3.05, 3.63) is 71.8 Å². The molecule has 2 atom stereocenters. The topological polar surface area (TPSA) is 19.9 Å². The van der Waals surface area contributed by atoms with Crippen LogP contribution in [0.25, 0.3) is 0 Å². The van der Waals surface area contributed by atoms with Crippen LogP contribution in [-0.2, 0) is 4.80 Å². The van der Waals surface area contributed by atoms with Crippen LogP contribution in [0, 0.1) is 0 Å². The normalized spacial score (nSPS) is 15.6. The Bertz CT molecular complexity index is 450. The van der Waals surface area contributed by atoms with Gasteiger partial charge in [0.25, 0.3) is 0 Å². The van der Waals surface area contributed by atoms with Gasteiger partial charge in [0.2, 0.25) is 9.04 Å². The summed E-state index contributed by atoms with van der Waals surface area (Å²) in [6, 6.07) is 20.7. The van der Waals surface area contributed by atoms with Crippen molar-refractivity contribution in [3.63, 3.8) is 0 Å². The van der Waals surface area contributed by atoms with Crippen molar-refractivity contribution in [1.29, 1.82) is 0 Å². The van der Waals surface area contributed by atoms with Crippen LogP contribution in [0.3, 0.4) is 0 Å². The molecule has 0 N–H and O–H groups in total. The highest BCUT2D eigenvalue weighted by atomic mass is 28.3. The maximum Gasteiger partial charge on any atom is 0.237 e. The maximum absolute atomic E-state index is 13.1. The van der Waals surface area contributed by atoms with Crippen LogP contribution in [0.5, 0.6) is 0 Å². The predicted octanol–water partition coefficient (Wildman–Crippen LogP) is 4.61. The first-order valence-corrected chi connectivity index (χ1v) is 9.34. The summed E-state index contributed by atoms with van der Waals surface area (Å²) in [6.07, 6.45) is 1.90. The van der Waals surface area contributed by atoms with Crippen molar-refractivity contribution >= 4 is 9.04 Å². The van der Waals surface area contributed by atoms with E-state index in [1.165, 1.54) is 11.1 Å². The Balaban J connectivity index is 2.25. The van der Waals surface area contributed by atoms with Gasteiger partial charge in [-0.2, -0.15) is 0 Å². The Labute approximate surface area is 124 Å². The summed E-state index contributed by atoms with van der Waals surface area (Å²) in [4.78, 5) is 13.1.